The fourth-order valence-electron chi connectivity index (χ4n) is 1.53. The fourth-order valence-corrected chi connectivity index (χ4v) is 1.53. The summed E-state index contributed by atoms with van der Waals surface area (Å²) in [5.41, 5.74) is 7.32. The molecule has 0 radical (unpaired) electrons. The van der Waals surface area contributed by atoms with Crippen LogP contribution in [0.3, 0.4) is 0 Å². The SMILES string of the molecule is CC(C)(C)OC(=O)NCC=Cc1ccccc1CN. The number of carbonyl (C=O) groups is 1. The number of amides is 1. The Labute approximate surface area is 114 Å². The van der Waals surface area contributed by atoms with E-state index in [1.165, 1.54) is 0 Å². The maximum Gasteiger partial charge on any atom is 0.407 e. The predicted molar refractivity (Wildman–Crippen MR) is 77.6 cm³/mol. The summed E-state index contributed by atoms with van der Waals surface area (Å²) in [6.45, 7) is 6.42. The Balaban J connectivity index is 2.44. The lowest BCUT2D eigenvalue weighted by molar-refractivity contribution is 0.0534. The summed E-state index contributed by atoms with van der Waals surface area (Å²) in [4.78, 5) is 11.4. The number of nitrogens with two attached hydrogens (primary N) is 1. The van der Waals surface area contributed by atoms with E-state index < -0.39 is 11.7 Å². The smallest absolute Gasteiger partial charge is 0.407 e. The van der Waals surface area contributed by atoms with Crippen LogP contribution in [-0.2, 0) is 11.3 Å². The average molecular weight is 262 g/mol. The zero-order chi connectivity index (χ0) is 14.3. The molecule has 1 rings (SSSR count). The molecule has 0 atom stereocenters. The van der Waals surface area contributed by atoms with E-state index in [4.69, 9.17) is 10.5 Å². The quantitative estimate of drug-likeness (QED) is 0.876. The monoisotopic (exact) mass is 262 g/mol. The van der Waals surface area contributed by atoms with Gasteiger partial charge in [0, 0.05) is 13.1 Å². The van der Waals surface area contributed by atoms with Gasteiger partial charge in [0.25, 0.3) is 0 Å². The third-order valence-corrected chi connectivity index (χ3v) is 2.34. The Morgan fingerprint density at radius 1 is 1.37 bits per heavy atom. The Morgan fingerprint density at radius 2 is 2.05 bits per heavy atom. The van der Waals surface area contributed by atoms with E-state index in [2.05, 4.69) is 5.32 Å². The van der Waals surface area contributed by atoms with E-state index in [0.717, 1.165) is 11.1 Å². The molecule has 1 aromatic rings. The van der Waals surface area contributed by atoms with E-state index in [1.807, 2.05) is 57.2 Å². The van der Waals surface area contributed by atoms with Gasteiger partial charge in [-0.3, -0.25) is 0 Å². The normalized spacial score (nSPS) is 11.6. The highest BCUT2D eigenvalue weighted by molar-refractivity contribution is 5.68. The fraction of sp³-hybridized carbons (Fsp3) is 0.400. The number of rotatable bonds is 4. The van der Waals surface area contributed by atoms with Gasteiger partial charge in [-0.2, -0.15) is 0 Å². The highest BCUT2D eigenvalue weighted by Gasteiger charge is 2.14. The summed E-state index contributed by atoms with van der Waals surface area (Å²) in [5, 5.41) is 2.67. The topological polar surface area (TPSA) is 64.3 Å². The van der Waals surface area contributed by atoms with Crippen LogP contribution in [0.5, 0.6) is 0 Å². The number of nitrogens with one attached hydrogen (secondary N) is 1. The number of carbonyl (C=O) groups excluding carboxylic acids is 1. The minimum absolute atomic E-state index is 0.413. The lowest BCUT2D eigenvalue weighted by Gasteiger charge is -2.19. The lowest BCUT2D eigenvalue weighted by Crippen LogP contribution is -2.32. The van der Waals surface area contributed by atoms with Crippen LogP contribution >= 0.6 is 0 Å². The van der Waals surface area contributed by atoms with Crippen molar-refractivity contribution < 1.29 is 9.53 Å². The van der Waals surface area contributed by atoms with E-state index in [9.17, 15) is 4.79 Å². The van der Waals surface area contributed by atoms with Gasteiger partial charge in [-0.05, 0) is 31.9 Å². The van der Waals surface area contributed by atoms with Gasteiger partial charge < -0.3 is 15.8 Å². The second-order valence-electron chi connectivity index (χ2n) is 5.19. The van der Waals surface area contributed by atoms with Crippen LogP contribution in [0.15, 0.2) is 30.3 Å². The van der Waals surface area contributed by atoms with Crippen molar-refractivity contribution in [3.05, 3.63) is 41.5 Å². The molecular formula is C15H22N2O2. The van der Waals surface area contributed by atoms with Crippen molar-refractivity contribution >= 4 is 12.2 Å². The van der Waals surface area contributed by atoms with Gasteiger partial charge in [0.2, 0.25) is 0 Å². The first-order chi connectivity index (χ1) is 8.92. The second-order valence-corrected chi connectivity index (χ2v) is 5.19. The predicted octanol–water partition coefficient (Wildman–Crippen LogP) is 2.68. The summed E-state index contributed by atoms with van der Waals surface area (Å²) in [6, 6.07) is 7.89. The van der Waals surface area contributed by atoms with E-state index >= 15 is 0 Å². The van der Waals surface area contributed by atoms with Crippen molar-refractivity contribution in [3.8, 4) is 0 Å². The van der Waals surface area contributed by atoms with Crippen molar-refractivity contribution in [3.63, 3.8) is 0 Å². The minimum Gasteiger partial charge on any atom is -0.444 e. The summed E-state index contributed by atoms with van der Waals surface area (Å²) < 4.78 is 5.13. The minimum atomic E-state index is -0.472. The molecule has 0 aliphatic carbocycles. The van der Waals surface area contributed by atoms with Crippen LogP contribution in [0.25, 0.3) is 6.08 Å². The van der Waals surface area contributed by atoms with Crippen molar-refractivity contribution in [2.45, 2.75) is 32.9 Å². The first-order valence-electron chi connectivity index (χ1n) is 6.34. The summed E-state index contributed by atoms with van der Waals surface area (Å²) in [6.07, 6.45) is 3.40. The van der Waals surface area contributed by atoms with Crippen LogP contribution in [0, 0.1) is 0 Å². The number of ether oxygens (including phenoxy) is 1. The number of benzene rings is 1. The maximum absolute atomic E-state index is 11.4. The van der Waals surface area contributed by atoms with Crippen LogP contribution in [0.4, 0.5) is 4.79 Å². The Morgan fingerprint density at radius 3 is 2.68 bits per heavy atom. The molecule has 0 aliphatic rings. The molecule has 0 heterocycles. The largest absolute Gasteiger partial charge is 0.444 e. The Kier molecular flexibility index (Phi) is 5.57. The molecule has 0 aromatic heterocycles. The molecule has 1 amide bonds. The van der Waals surface area contributed by atoms with Gasteiger partial charge >= 0.3 is 6.09 Å². The summed E-state index contributed by atoms with van der Waals surface area (Å²) in [7, 11) is 0. The molecule has 104 valence electrons. The van der Waals surface area contributed by atoms with E-state index in [0.29, 0.717) is 13.1 Å². The molecule has 4 heteroatoms. The van der Waals surface area contributed by atoms with Gasteiger partial charge in [0.05, 0.1) is 0 Å². The first kappa shape index (κ1) is 15.2. The van der Waals surface area contributed by atoms with E-state index in [-0.39, 0.29) is 0 Å². The average Bonchev–Trinajstić information content (AvgIpc) is 2.33. The molecule has 0 bridgehead atoms. The van der Waals surface area contributed by atoms with Crippen molar-refractivity contribution in [1.82, 2.24) is 5.32 Å². The lowest BCUT2D eigenvalue weighted by atomic mass is 10.1. The second kappa shape index (κ2) is 6.95. The third kappa shape index (κ3) is 6.06. The van der Waals surface area contributed by atoms with Gasteiger partial charge in [-0.25, -0.2) is 4.79 Å². The molecular weight excluding hydrogens is 240 g/mol. The molecule has 1 aromatic carbocycles. The maximum atomic E-state index is 11.4. The zero-order valence-electron chi connectivity index (χ0n) is 11.8. The number of hydrogen-bond acceptors (Lipinski definition) is 3. The Hall–Kier alpha value is -1.81. The molecule has 0 saturated carbocycles. The van der Waals surface area contributed by atoms with Crippen LogP contribution < -0.4 is 11.1 Å². The van der Waals surface area contributed by atoms with Crippen LogP contribution in [-0.4, -0.2) is 18.2 Å². The van der Waals surface area contributed by atoms with Crippen LogP contribution in [0.2, 0.25) is 0 Å². The van der Waals surface area contributed by atoms with E-state index in [1.54, 1.807) is 0 Å². The van der Waals surface area contributed by atoms with Crippen molar-refractivity contribution in [1.29, 1.82) is 0 Å². The molecule has 0 aliphatic heterocycles. The molecule has 0 spiro atoms. The summed E-state index contributed by atoms with van der Waals surface area (Å²) in [5.74, 6) is 0. The van der Waals surface area contributed by atoms with Gasteiger partial charge in [-0.15, -0.1) is 0 Å². The highest BCUT2D eigenvalue weighted by atomic mass is 16.6. The molecule has 0 unspecified atom stereocenters. The van der Waals surface area contributed by atoms with Crippen molar-refractivity contribution in [2.75, 3.05) is 6.54 Å². The molecule has 4 nitrogen and oxygen atoms in total. The standard InChI is InChI=1S/C15H22N2O2/c1-15(2,3)19-14(18)17-10-6-9-12-7-4-5-8-13(12)11-16/h4-9H,10-11,16H2,1-3H3,(H,17,18). The first-order valence-corrected chi connectivity index (χ1v) is 6.34. The number of alkyl carbamates (subject to hydrolysis) is 1. The van der Waals surface area contributed by atoms with Crippen molar-refractivity contribution in [2.24, 2.45) is 5.73 Å². The zero-order valence-corrected chi connectivity index (χ0v) is 11.8. The van der Waals surface area contributed by atoms with Gasteiger partial charge in [0.15, 0.2) is 0 Å². The third-order valence-electron chi connectivity index (χ3n) is 2.34. The number of hydrogen-bond donors (Lipinski definition) is 2. The van der Waals surface area contributed by atoms with Gasteiger partial charge in [-0.1, -0.05) is 36.4 Å². The van der Waals surface area contributed by atoms with Crippen LogP contribution in [0.1, 0.15) is 31.9 Å². The highest BCUT2D eigenvalue weighted by Crippen LogP contribution is 2.09. The summed E-state index contributed by atoms with van der Waals surface area (Å²) >= 11 is 0. The molecule has 0 saturated heterocycles. The molecule has 0 fully saturated rings. The molecule has 3 N–H and O–H groups in total. The molecule has 19 heavy (non-hydrogen) atoms. The van der Waals surface area contributed by atoms with Gasteiger partial charge in [0.1, 0.15) is 5.60 Å². The Bertz CT molecular complexity index is 448.